The van der Waals surface area contributed by atoms with E-state index >= 15 is 0 Å². The van der Waals surface area contributed by atoms with Gasteiger partial charge in [0.1, 0.15) is 0 Å². The summed E-state index contributed by atoms with van der Waals surface area (Å²) in [6.45, 7) is 4.53. The Bertz CT molecular complexity index is 510. The van der Waals surface area contributed by atoms with Crippen LogP contribution in [0.25, 0.3) is 0 Å². The first-order chi connectivity index (χ1) is 11.5. The lowest BCUT2D eigenvalue weighted by molar-refractivity contribution is -0.137. The summed E-state index contributed by atoms with van der Waals surface area (Å²) in [6.07, 6.45) is -1.31. The smallest absolute Gasteiger partial charge is 0.381 e. The van der Waals surface area contributed by atoms with Gasteiger partial charge < -0.3 is 15.4 Å². The molecule has 1 rings (SSSR count). The van der Waals surface area contributed by atoms with Crippen molar-refractivity contribution in [1.29, 1.82) is 0 Å². The summed E-state index contributed by atoms with van der Waals surface area (Å²) in [5, 5.41) is 6.12. The van der Waals surface area contributed by atoms with Gasteiger partial charge >= 0.3 is 6.18 Å². The van der Waals surface area contributed by atoms with Crippen molar-refractivity contribution >= 4 is 29.9 Å². The number of rotatable bonds is 9. The molecule has 0 bridgehead atoms. The second-order valence-corrected chi connectivity index (χ2v) is 5.37. The average Bonchev–Trinajstić information content (AvgIpc) is 2.56. The molecule has 0 aliphatic carbocycles. The first-order valence-electron chi connectivity index (χ1n) is 8.15. The van der Waals surface area contributed by atoms with Gasteiger partial charge in [-0.2, -0.15) is 13.2 Å². The van der Waals surface area contributed by atoms with E-state index in [2.05, 4.69) is 22.5 Å². The van der Waals surface area contributed by atoms with E-state index in [1.807, 2.05) is 0 Å². The number of nitrogens with one attached hydrogen (secondary N) is 2. The molecule has 0 amide bonds. The van der Waals surface area contributed by atoms with E-state index in [-0.39, 0.29) is 30.5 Å². The van der Waals surface area contributed by atoms with Crippen LogP contribution >= 0.6 is 24.0 Å². The van der Waals surface area contributed by atoms with Crippen LogP contribution in [0.5, 0.6) is 0 Å². The third-order valence-electron chi connectivity index (χ3n) is 3.34. The van der Waals surface area contributed by atoms with E-state index in [9.17, 15) is 13.2 Å². The summed E-state index contributed by atoms with van der Waals surface area (Å²) in [5.41, 5.74) is -0.0929. The molecule has 0 aliphatic heterocycles. The Morgan fingerprint density at radius 2 is 1.88 bits per heavy atom. The van der Waals surface area contributed by atoms with Crippen molar-refractivity contribution in [3.63, 3.8) is 0 Å². The average molecular weight is 473 g/mol. The van der Waals surface area contributed by atoms with E-state index < -0.39 is 11.7 Å². The normalized spacial score (nSPS) is 11.8. The highest BCUT2D eigenvalue weighted by molar-refractivity contribution is 14.0. The van der Waals surface area contributed by atoms with Crippen molar-refractivity contribution in [1.82, 2.24) is 10.6 Å². The molecule has 0 fully saturated rings. The fourth-order valence-electron chi connectivity index (χ4n) is 1.99. The number of halogens is 4. The minimum atomic E-state index is -4.33. The van der Waals surface area contributed by atoms with Crippen molar-refractivity contribution < 1.29 is 17.9 Å². The van der Waals surface area contributed by atoms with Crippen molar-refractivity contribution in [2.75, 3.05) is 26.8 Å². The minimum absolute atomic E-state index is 0. The zero-order valence-corrected chi connectivity index (χ0v) is 17.0. The maximum absolute atomic E-state index is 12.7. The van der Waals surface area contributed by atoms with Gasteiger partial charge in [0, 0.05) is 33.4 Å². The fraction of sp³-hybridized carbons (Fsp3) is 0.588. The first kappa shape index (κ1) is 24.0. The lowest BCUT2D eigenvalue weighted by Crippen LogP contribution is -2.37. The molecule has 0 aliphatic rings. The molecular weight excluding hydrogens is 446 g/mol. The Labute approximate surface area is 164 Å². The maximum atomic E-state index is 12.7. The second-order valence-electron chi connectivity index (χ2n) is 5.37. The lowest BCUT2D eigenvalue weighted by atomic mass is 10.1. The number of aliphatic imine (C=N–C) groups is 1. The number of guanidine groups is 1. The highest BCUT2D eigenvalue weighted by atomic mass is 127. The minimum Gasteiger partial charge on any atom is -0.381 e. The Morgan fingerprint density at radius 3 is 2.52 bits per heavy atom. The Kier molecular flexibility index (Phi) is 12.7. The molecule has 1 aromatic rings. The third kappa shape index (κ3) is 10.5. The molecular formula is C17H27F3IN3O. The maximum Gasteiger partial charge on any atom is 0.416 e. The molecule has 0 spiro atoms. The second kappa shape index (κ2) is 13.2. The van der Waals surface area contributed by atoms with Crippen LogP contribution in [0.1, 0.15) is 37.3 Å². The van der Waals surface area contributed by atoms with Gasteiger partial charge in [-0.25, -0.2) is 0 Å². The van der Waals surface area contributed by atoms with Gasteiger partial charge in [-0.15, -0.1) is 24.0 Å². The van der Waals surface area contributed by atoms with E-state index in [4.69, 9.17) is 4.74 Å². The Balaban J connectivity index is 0.00000576. The van der Waals surface area contributed by atoms with E-state index in [0.717, 1.165) is 38.0 Å². The quantitative estimate of drug-likeness (QED) is 0.245. The Morgan fingerprint density at radius 1 is 1.16 bits per heavy atom. The molecule has 0 saturated carbocycles. The fourth-order valence-corrected chi connectivity index (χ4v) is 1.99. The number of nitrogens with zero attached hydrogens (tertiary/aromatic N) is 1. The van der Waals surface area contributed by atoms with Gasteiger partial charge in [0.25, 0.3) is 0 Å². The van der Waals surface area contributed by atoms with Crippen molar-refractivity contribution in [2.45, 2.75) is 38.9 Å². The monoisotopic (exact) mass is 473 g/mol. The summed E-state index contributed by atoms with van der Waals surface area (Å²) < 4.78 is 43.5. The molecule has 0 heterocycles. The summed E-state index contributed by atoms with van der Waals surface area (Å²) in [7, 11) is 1.62. The van der Waals surface area contributed by atoms with Gasteiger partial charge in [-0.1, -0.05) is 25.5 Å². The topological polar surface area (TPSA) is 45.6 Å². The summed E-state index contributed by atoms with van der Waals surface area (Å²) in [6, 6.07) is 5.26. The van der Waals surface area contributed by atoms with Crippen LogP contribution in [0.2, 0.25) is 0 Å². The number of hydrogen-bond donors (Lipinski definition) is 2. The van der Waals surface area contributed by atoms with Crippen LogP contribution in [0.3, 0.4) is 0 Å². The summed E-state index contributed by atoms with van der Waals surface area (Å²) in [4.78, 5) is 4.05. The number of benzene rings is 1. The first-order valence-corrected chi connectivity index (χ1v) is 8.15. The van der Waals surface area contributed by atoms with Crippen LogP contribution in [-0.4, -0.2) is 32.8 Å². The van der Waals surface area contributed by atoms with Crippen LogP contribution < -0.4 is 10.6 Å². The van der Waals surface area contributed by atoms with Crippen LogP contribution in [-0.2, 0) is 17.5 Å². The van der Waals surface area contributed by atoms with Crippen LogP contribution in [0.15, 0.2) is 29.3 Å². The molecule has 144 valence electrons. The zero-order chi connectivity index (χ0) is 17.8. The molecule has 25 heavy (non-hydrogen) atoms. The third-order valence-corrected chi connectivity index (χ3v) is 3.34. The largest absolute Gasteiger partial charge is 0.416 e. The van der Waals surface area contributed by atoms with Crippen LogP contribution in [0, 0.1) is 0 Å². The van der Waals surface area contributed by atoms with Gasteiger partial charge in [0.05, 0.1) is 5.56 Å². The highest BCUT2D eigenvalue weighted by Crippen LogP contribution is 2.29. The van der Waals surface area contributed by atoms with Gasteiger partial charge in [-0.05, 0) is 30.5 Å². The van der Waals surface area contributed by atoms with Crippen molar-refractivity contribution in [3.8, 4) is 0 Å². The van der Waals surface area contributed by atoms with E-state index in [1.54, 1.807) is 13.1 Å². The molecule has 1 aromatic carbocycles. The number of ether oxygens (including phenoxy) is 1. The van der Waals surface area contributed by atoms with Gasteiger partial charge in [-0.3, -0.25) is 4.99 Å². The predicted octanol–water partition coefficient (Wildman–Crippen LogP) is 4.20. The predicted molar refractivity (Wildman–Crippen MR) is 105 cm³/mol. The Hall–Kier alpha value is -1.03. The van der Waals surface area contributed by atoms with Crippen molar-refractivity contribution in [3.05, 3.63) is 35.4 Å². The van der Waals surface area contributed by atoms with E-state index in [0.29, 0.717) is 24.7 Å². The highest BCUT2D eigenvalue weighted by Gasteiger charge is 2.30. The molecule has 2 N–H and O–H groups in total. The number of hydrogen-bond acceptors (Lipinski definition) is 2. The number of alkyl halides is 3. The molecule has 0 saturated heterocycles. The molecule has 0 unspecified atom stereocenters. The molecule has 8 heteroatoms. The zero-order valence-electron chi connectivity index (χ0n) is 14.7. The number of unbranched alkanes of at least 4 members (excludes halogenated alkanes) is 1. The van der Waals surface area contributed by atoms with Gasteiger partial charge in [0.15, 0.2) is 5.96 Å². The standard InChI is InChI=1S/C17H26F3N3O.HI/c1-3-4-10-24-11-6-9-22-16(21-2)23-13-14-7-5-8-15(12-14)17(18,19)20;/h5,7-8,12H,3-4,6,9-11,13H2,1-2H3,(H2,21,22,23);1H. The summed E-state index contributed by atoms with van der Waals surface area (Å²) >= 11 is 0. The molecule has 4 nitrogen and oxygen atoms in total. The lowest BCUT2D eigenvalue weighted by Gasteiger charge is -2.13. The van der Waals surface area contributed by atoms with Crippen LogP contribution in [0.4, 0.5) is 13.2 Å². The van der Waals surface area contributed by atoms with E-state index in [1.165, 1.54) is 6.07 Å². The molecule has 0 atom stereocenters. The molecule has 0 aromatic heterocycles. The SMILES string of the molecule is CCCCOCCCNC(=NC)NCc1cccc(C(F)(F)F)c1.I. The summed E-state index contributed by atoms with van der Waals surface area (Å²) in [5.74, 6) is 0.556. The molecule has 0 radical (unpaired) electrons. The van der Waals surface area contributed by atoms with Crippen molar-refractivity contribution in [2.24, 2.45) is 4.99 Å². The van der Waals surface area contributed by atoms with Gasteiger partial charge in [0.2, 0.25) is 0 Å².